The van der Waals surface area contributed by atoms with Crippen molar-refractivity contribution in [1.82, 2.24) is 24.7 Å². The minimum Gasteiger partial charge on any atom is -0.280 e. The summed E-state index contributed by atoms with van der Waals surface area (Å²) < 4.78 is 27.7. The maximum Gasteiger partial charge on any atom is 0.221 e. The Morgan fingerprint density at radius 2 is 1.96 bits per heavy atom. The predicted octanol–water partition coefficient (Wildman–Crippen LogP) is 3.17. The zero-order valence-corrected chi connectivity index (χ0v) is 18.4. The fraction of sp³-hybridized carbons (Fsp3) is 0.632. The van der Waals surface area contributed by atoms with E-state index in [1.54, 1.807) is 9.36 Å². The molecule has 0 aliphatic carbocycles. The molecule has 0 spiro atoms. The maximum absolute atomic E-state index is 11.9. The maximum atomic E-state index is 11.9. The van der Waals surface area contributed by atoms with Crippen LogP contribution >= 0.6 is 12.2 Å². The highest BCUT2D eigenvalue weighted by molar-refractivity contribution is 7.91. The largest absolute Gasteiger partial charge is 0.280 e. The van der Waals surface area contributed by atoms with Gasteiger partial charge in [-0.05, 0) is 59.1 Å². The molecule has 1 saturated heterocycles. The van der Waals surface area contributed by atoms with Crippen LogP contribution in [0.4, 0.5) is 0 Å². The molecule has 0 N–H and O–H groups in total. The second-order valence-corrected chi connectivity index (χ2v) is 10.4. The number of rotatable bonds is 8. The number of hydrogen-bond acceptors (Lipinski definition) is 6. The highest BCUT2D eigenvalue weighted by Crippen LogP contribution is 2.20. The number of hydrogen-bond donors (Lipinski definition) is 0. The van der Waals surface area contributed by atoms with Gasteiger partial charge in [-0.2, -0.15) is 4.68 Å². The molecule has 0 amide bonds. The first-order valence-corrected chi connectivity index (χ1v) is 12.1. The Hall–Kier alpha value is -1.58. The molecule has 0 saturated carbocycles. The van der Waals surface area contributed by atoms with Gasteiger partial charge in [-0.25, -0.2) is 13.1 Å². The average molecular weight is 424 g/mol. The molecule has 3 rings (SSSR count). The molecule has 2 heterocycles. The fourth-order valence-corrected chi connectivity index (χ4v) is 5.49. The van der Waals surface area contributed by atoms with Crippen molar-refractivity contribution in [3.63, 3.8) is 0 Å². The Morgan fingerprint density at radius 3 is 2.54 bits per heavy atom. The summed E-state index contributed by atoms with van der Waals surface area (Å²) >= 11 is 5.60. The molecule has 1 aromatic heterocycles. The highest BCUT2D eigenvalue weighted by atomic mass is 32.2. The topological polar surface area (TPSA) is 73.0 Å². The van der Waals surface area contributed by atoms with Crippen molar-refractivity contribution in [1.29, 1.82) is 0 Å². The van der Waals surface area contributed by atoms with E-state index in [1.807, 2.05) is 12.1 Å². The second kappa shape index (κ2) is 8.84. The SMILES string of the molecule is CCCCN(Cn1nnn(-c2ccc(C(C)C)cc2)c1=S)[C@@H]1CCS(=O)(=O)C1. The Kier molecular flexibility index (Phi) is 6.67. The molecule has 0 radical (unpaired) electrons. The van der Waals surface area contributed by atoms with Gasteiger partial charge in [0, 0.05) is 12.6 Å². The molecule has 1 aliphatic rings. The third-order valence-corrected chi connectivity index (χ3v) is 7.42. The molecule has 0 bridgehead atoms. The van der Waals surface area contributed by atoms with E-state index in [9.17, 15) is 8.42 Å². The Bertz CT molecular complexity index is 947. The van der Waals surface area contributed by atoms with Gasteiger partial charge in [-0.3, -0.25) is 4.90 Å². The van der Waals surface area contributed by atoms with Crippen LogP contribution in [0.15, 0.2) is 24.3 Å². The van der Waals surface area contributed by atoms with E-state index < -0.39 is 9.84 Å². The van der Waals surface area contributed by atoms with E-state index in [-0.39, 0.29) is 17.5 Å². The quantitative estimate of drug-likeness (QED) is 0.607. The van der Waals surface area contributed by atoms with Crippen molar-refractivity contribution < 1.29 is 8.42 Å². The van der Waals surface area contributed by atoms with Crippen molar-refractivity contribution >= 4 is 22.1 Å². The lowest BCUT2D eigenvalue weighted by Gasteiger charge is -2.27. The van der Waals surface area contributed by atoms with Crippen LogP contribution in [0.2, 0.25) is 0 Å². The van der Waals surface area contributed by atoms with Crippen molar-refractivity contribution in [3.05, 3.63) is 34.6 Å². The van der Waals surface area contributed by atoms with Gasteiger partial charge in [0.25, 0.3) is 0 Å². The van der Waals surface area contributed by atoms with Crippen molar-refractivity contribution in [2.24, 2.45) is 0 Å². The third-order valence-electron chi connectivity index (χ3n) is 5.28. The minimum absolute atomic E-state index is 0.0222. The van der Waals surface area contributed by atoms with Crippen LogP contribution in [-0.2, 0) is 16.5 Å². The van der Waals surface area contributed by atoms with E-state index in [0.29, 0.717) is 23.8 Å². The minimum atomic E-state index is -2.94. The molecule has 0 unspecified atom stereocenters. The van der Waals surface area contributed by atoms with E-state index >= 15 is 0 Å². The summed E-state index contributed by atoms with van der Waals surface area (Å²) in [5.74, 6) is 0.947. The van der Waals surface area contributed by atoms with Crippen LogP contribution in [0.5, 0.6) is 0 Å². The van der Waals surface area contributed by atoms with E-state index in [2.05, 4.69) is 48.2 Å². The third kappa shape index (κ3) is 4.87. The number of sulfone groups is 1. The Labute approximate surface area is 172 Å². The average Bonchev–Trinajstić information content (AvgIpc) is 3.21. The fourth-order valence-electron chi connectivity index (χ4n) is 3.49. The molecule has 28 heavy (non-hydrogen) atoms. The lowest BCUT2D eigenvalue weighted by molar-refractivity contribution is 0.151. The van der Waals surface area contributed by atoms with E-state index in [4.69, 9.17) is 12.2 Å². The van der Waals surface area contributed by atoms with Crippen LogP contribution < -0.4 is 0 Å². The van der Waals surface area contributed by atoms with Gasteiger partial charge in [-0.15, -0.1) is 0 Å². The van der Waals surface area contributed by atoms with Crippen molar-refractivity contribution in [2.45, 2.75) is 58.7 Å². The lowest BCUT2D eigenvalue weighted by atomic mass is 10.0. The molecule has 1 fully saturated rings. The summed E-state index contributed by atoms with van der Waals surface area (Å²) in [7, 11) is -2.94. The first-order valence-electron chi connectivity index (χ1n) is 9.88. The van der Waals surface area contributed by atoms with Gasteiger partial charge in [0.15, 0.2) is 9.84 Å². The van der Waals surface area contributed by atoms with Crippen LogP contribution in [-0.4, -0.2) is 57.2 Å². The lowest BCUT2D eigenvalue weighted by Crippen LogP contribution is -2.38. The molecule has 154 valence electrons. The van der Waals surface area contributed by atoms with Crippen LogP contribution in [0, 0.1) is 4.77 Å². The van der Waals surface area contributed by atoms with Gasteiger partial charge < -0.3 is 0 Å². The molecule has 1 aromatic carbocycles. The molecule has 2 aromatic rings. The Morgan fingerprint density at radius 1 is 1.25 bits per heavy atom. The second-order valence-electron chi connectivity index (χ2n) is 7.78. The summed E-state index contributed by atoms with van der Waals surface area (Å²) in [6.07, 6.45) is 2.73. The molecule has 9 heteroatoms. The van der Waals surface area contributed by atoms with Gasteiger partial charge in [0.2, 0.25) is 4.77 Å². The van der Waals surface area contributed by atoms with Gasteiger partial charge >= 0.3 is 0 Å². The monoisotopic (exact) mass is 423 g/mol. The zero-order chi connectivity index (χ0) is 20.3. The smallest absolute Gasteiger partial charge is 0.221 e. The summed E-state index contributed by atoms with van der Waals surface area (Å²) in [6, 6.07) is 8.19. The van der Waals surface area contributed by atoms with E-state index in [0.717, 1.165) is 25.1 Å². The van der Waals surface area contributed by atoms with E-state index in [1.165, 1.54) is 5.56 Å². The van der Waals surface area contributed by atoms with Crippen LogP contribution in [0.25, 0.3) is 5.69 Å². The molecular weight excluding hydrogens is 394 g/mol. The summed E-state index contributed by atoms with van der Waals surface area (Å²) in [5, 5.41) is 8.47. The molecular formula is C19H29N5O2S2. The van der Waals surface area contributed by atoms with Gasteiger partial charge in [0.1, 0.15) is 0 Å². The molecule has 1 aliphatic heterocycles. The number of nitrogens with zero attached hydrogens (tertiary/aromatic N) is 5. The number of unbranched alkanes of at least 4 members (excludes halogenated alkanes) is 1. The van der Waals surface area contributed by atoms with Crippen molar-refractivity contribution in [2.75, 3.05) is 18.1 Å². The molecule has 1 atom stereocenters. The van der Waals surface area contributed by atoms with Crippen LogP contribution in [0.3, 0.4) is 0 Å². The van der Waals surface area contributed by atoms with Gasteiger partial charge in [-0.1, -0.05) is 39.3 Å². The predicted molar refractivity (Wildman–Crippen MR) is 113 cm³/mol. The van der Waals surface area contributed by atoms with Crippen LogP contribution in [0.1, 0.15) is 51.5 Å². The number of benzene rings is 1. The number of tetrazole rings is 1. The summed E-state index contributed by atoms with van der Waals surface area (Å²) in [6.45, 7) is 7.74. The normalized spacial score (nSPS) is 19.0. The standard InChI is InChI=1S/C19H29N5O2S2/c1-4-5-11-22(18-10-12-28(25,26)13-18)14-23-19(27)24(21-20-23)17-8-6-16(7-9-17)15(2)3/h6-9,15,18H,4-5,10-14H2,1-3H3/t18-/m1/s1. The summed E-state index contributed by atoms with van der Waals surface area (Å²) in [4.78, 5) is 2.19. The highest BCUT2D eigenvalue weighted by Gasteiger charge is 2.32. The first-order chi connectivity index (χ1) is 13.3. The first kappa shape index (κ1) is 21.1. The van der Waals surface area contributed by atoms with Gasteiger partial charge in [0.05, 0.1) is 23.9 Å². The number of aromatic nitrogens is 4. The Balaban J connectivity index is 1.80. The summed E-state index contributed by atoms with van der Waals surface area (Å²) in [5.41, 5.74) is 2.14. The molecule has 7 nitrogen and oxygen atoms in total. The van der Waals surface area contributed by atoms with Crippen molar-refractivity contribution in [3.8, 4) is 5.69 Å². The zero-order valence-electron chi connectivity index (χ0n) is 16.8.